The van der Waals surface area contributed by atoms with Crippen LogP contribution in [0.15, 0.2) is 46.0 Å². The summed E-state index contributed by atoms with van der Waals surface area (Å²) in [6.45, 7) is 3.28. The monoisotopic (exact) mass is 275 g/mol. The van der Waals surface area contributed by atoms with E-state index in [2.05, 4.69) is 54.0 Å². The number of fused-ring (bicyclic) bond motifs is 1. The van der Waals surface area contributed by atoms with Crippen LogP contribution in [0.2, 0.25) is 0 Å². The molecule has 0 radical (unpaired) electrons. The van der Waals surface area contributed by atoms with Crippen LogP contribution < -0.4 is 5.32 Å². The van der Waals surface area contributed by atoms with E-state index in [-0.39, 0.29) is 0 Å². The van der Waals surface area contributed by atoms with Gasteiger partial charge in [0.15, 0.2) is 0 Å². The fraction of sp³-hybridized carbons (Fsp3) is 0.333. The van der Waals surface area contributed by atoms with Crippen LogP contribution in [-0.2, 0) is 6.54 Å². The van der Waals surface area contributed by atoms with E-state index >= 15 is 0 Å². The lowest BCUT2D eigenvalue weighted by Gasteiger charge is -2.27. The Bertz CT molecular complexity index is 506. The van der Waals surface area contributed by atoms with Crippen molar-refractivity contribution >= 4 is 23.1 Å². The molecule has 0 saturated heterocycles. The van der Waals surface area contributed by atoms with E-state index in [1.807, 2.05) is 23.1 Å². The molecule has 1 nitrogen and oxygen atoms in total. The highest BCUT2D eigenvalue weighted by Crippen LogP contribution is 2.43. The molecule has 94 valence electrons. The summed E-state index contributed by atoms with van der Waals surface area (Å²) in [6.07, 6.45) is 1.22. The van der Waals surface area contributed by atoms with Crippen molar-refractivity contribution in [2.24, 2.45) is 0 Å². The van der Waals surface area contributed by atoms with Gasteiger partial charge in [0.1, 0.15) is 0 Å². The molecule has 0 fully saturated rings. The van der Waals surface area contributed by atoms with Gasteiger partial charge in [-0.2, -0.15) is 0 Å². The molecule has 0 amide bonds. The second-order valence-electron chi connectivity index (χ2n) is 4.75. The first-order valence-electron chi connectivity index (χ1n) is 6.34. The summed E-state index contributed by atoms with van der Waals surface area (Å²) in [5.74, 6) is 0. The molecule has 1 aromatic carbocycles. The number of thiophene rings is 1. The Morgan fingerprint density at radius 3 is 2.89 bits per heavy atom. The highest BCUT2D eigenvalue weighted by molar-refractivity contribution is 8.01. The standard InChI is InChI=1S/C15H17NS2/c1-11-9-14(13-7-8-17-15(13)18-11)16-10-12-5-3-2-4-6-12/h2-8,11,14,16H,9-10H2,1H3/t11-,14?/m0/s1. The molecule has 1 unspecified atom stereocenters. The van der Waals surface area contributed by atoms with Crippen molar-refractivity contribution in [2.45, 2.75) is 35.4 Å². The van der Waals surface area contributed by atoms with E-state index in [0.29, 0.717) is 11.3 Å². The maximum Gasteiger partial charge on any atom is 0.0649 e. The van der Waals surface area contributed by atoms with E-state index in [1.54, 1.807) is 0 Å². The SMILES string of the molecule is C[C@H]1CC(NCc2ccccc2)c2ccsc2S1. The Hall–Kier alpha value is -0.770. The third kappa shape index (κ3) is 2.63. The van der Waals surface area contributed by atoms with Crippen LogP contribution in [0.5, 0.6) is 0 Å². The molecular formula is C15H17NS2. The number of thioether (sulfide) groups is 1. The van der Waals surface area contributed by atoms with Gasteiger partial charge in [0.2, 0.25) is 0 Å². The Balaban J connectivity index is 1.71. The Kier molecular flexibility index (Phi) is 3.73. The molecule has 2 aromatic rings. The number of hydrogen-bond donors (Lipinski definition) is 1. The summed E-state index contributed by atoms with van der Waals surface area (Å²) >= 11 is 3.90. The first kappa shape index (κ1) is 12.3. The maximum atomic E-state index is 3.70. The minimum atomic E-state index is 0.516. The van der Waals surface area contributed by atoms with Gasteiger partial charge in [0.05, 0.1) is 4.21 Å². The first-order chi connectivity index (χ1) is 8.83. The van der Waals surface area contributed by atoms with Crippen molar-refractivity contribution in [3.8, 4) is 0 Å². The lowest BCUT2D eigenvalue weighted by Crippen LogP contribution is -2.26. The zero-order valence-corrected chi connectivity index (χ0v) is 12.1. The number of hydrogen-bond acceptors (Lipinski definition) is 3. The summed E-state index contributed by atoms with van der Waals surface area (Å²) in [5.41, 5.74) is 2.86. The Morgan fingerprint density at radius 1 is 1.22 bits per heavy atom. The molecule has 1 aromatic heterocycles. The van der Waals surface area contributed by atoms with Gasteiger partial charge in [-0.25, -0.2) is 0 Å². The smallest absolute Gasteiger partial charge is 0.0649 e. The fourth-order valence-corrected chi connectivity index (χ4v) is 4.95. The molecule has 1 aliphatic rings. The summed E-state index contributed by atoms with van der Waals surface area (Å²) in [4.78, 5) is 0. The van der Waals surface area contributed by atoms with Crippen LogP contribution >= 0.6 is 23.1 Å². The molecule has 1 aliphatic heterocycles. The van der Waals surface area contributed by atoms with Crippen molar-refractivity contribution in [1.29, 1.82) is 0 Å². The zero-order valence-electron chi connectivity index (χ0n) is 10.4. The van der Waals surface area contributed by atoms with Gasteiger partial charge in [-0.15, -0.1) is 23.1 Å². The zero-order chi connectivity index (χ0) is 12.4. The summed E-state index contributed by atoms with van der Waals surface area (Å²) in [5, 5.41) is 6.63. The molecule has 1 N–H and O–H groups in total. The quantitative estimate of drug-likeness (QED) is 0.887. The van der Waals surface area contributed by atoms with Gasteiger partial charge in [0, 0.05) is 17.8 Å². The van der Waals surface area contributed by atoms with E-state index in [1.165, 1.54) is 21.8 Å². The summed E-state index contributed by atoms with van der Waals surface area (Å²) in [7, 11) is 0. The predicted molar refractivity (Wildman–Crippen MR) is 80.3 cm³/mol. The van der Waals surface area contributed by atoms with E-state index < -0.39 is 0 Å². The molecule has 0 bridgehead atoms. The Labute approximate surface area is 117 Å². The van der Waals surface area contributed by atoms with Crippen LogP contribution in [0.25, 0.3) is 0 Å². The van der Waals surface area contributed by atoms with Crippen LogP contribution in [0.3, 0.4) is 0 Å². The average Bonchev–Trinajstić information content (AvgIpc) is 2.85. The average molecular weight is 275 g/mol. The van der Waals surface area contributed by atoms with Crippen molar-refractivity contribution in [2.75, 3.05) is 0 Å². The molecule has 3 rings (SSSR count). The van der Waals surface area contributed by atoms with Crippen molar-refractivity contribution in [3.63, 3.8) is 0 Å². The largest absolute Gasteiger partial charge is 0.306 e. The highest BCUT2D eigenvalue weighted by Gasteiger charge is 2.25. The van der Waals surface area contributed by atoms with Crippen LogP contribution in [0, 0.1) is 0 Å². The third-order valence-corrected chi connectivity index (χ3v) is 5.65. The van der Waals surface area contributed by atoms with Gasteiger partial charge in [-0.3, -0.25) is 0 Å². The minimum Gasteiger partial charge on any atom is -0.306 e. The van der Waals surface area contributed by atoms with Gasteiger partial charge in [-0.05, 0) is 29.0 Å². The maximum absolute atomic E-state index is 3.70. The van der Waals surface area contributed by atoms with E-state index in [0.717, 1.165) is 6.54 Å². The number of nitrogens with one attached hydrogen (secondary N) is 1. The van der Waals surface area contributed by atoms with E-state index in [4.69, 9.17) is 0 Å². The second-order valence-corrected chi connectivity index (χ2v) is 7.37. The molecular weight excluding hydrogens is 258 g/mol. The summed E-state index contributed by atoms with van der Waals surface area (Å²) in [6, 6.07) is 13.4. The lowest BCUT2D eigenvalue weighted by atomic mass is 10.0. The van der Waals surface area contributed by atoms with Crippen molar-refractivity contribution < 1.29 is 0 Å². The third-order valence-electron chi connectivity index (χ3n) is 3.31. The van der Waals surface area contributed by atoms with Crippen LogP contribution in [0.4, 0.5) is 0 Å². The van der Waals surface area contributed by atoms with Gasteiger partial charge in [-0.1, -0.05) is 37.3 Å². The number of rotatable bonds is 3. The topological polar surface area (TPSA) is 12.0 Å². The molecule has 18 heavy (non-hydrogen) atoms. The van der Waals surface area contributed by atoms with Crippen molar-refractivity contribution in [3.05, 3.63) is 52.9 Å². The van der Waals surface area contributed by atoms with Gasteiger partial charge in [0.25, 0.3) is 0 Å². The Morgan fingerprint density at radius 2 is 2.06 bits per heavy atom. The molecule has 3 heteroatoms. The van der Waals surface area contributed by atoms with Crippen LogP contribution in [-0.4, -0.2) is 5.25 Å². The highest BCUT2D eigenvalue weighted by atomic mass is 32.2. The fourth-order valence-electron chi connectivity index (χ4n) is 2.38. The predicted octanol–water partition coefficient (Wildman–Crippen LogP) is 4.46. The molecule has 0 aliphatic carbocycles. The molecule has 0 saturated carbocycles. The van der Waals surface area contributed by atoms with Crippen LogP contribution in [0.1, 0.15) is 30.5 Å². The molecule has 2 atom stereocenters. The normalized spacial score (nSPS) is 22.7. The summed E-state index contributed by atoms with van der Waals surface area (Å²) < 4.78 is 1.50. The number of benzene rings is 1. The van der Waals surface area contributed by atoms with E-state index in [9.17, 15) is 0 Å². The van der Waals surface area contributed by atoms with Gasteiger partial charge < -0.3 is 5.32 Å². The minimum absolute atomic E-state index is 0.516. The van der Waals surface area contributed by atoms with Gasteiger partial charge >= 0.3 is 0 Å². The lowest BCUT2D eigenvalue weighted by molar-refractivity contribution is 0.488. The van der Waals surface area contributed by atoms with Crippen molar-refractivity contribution in [1.82, 2.24) is 5.32 Å². The molecule has 2 heterocycles. The first-order valence-corrected chi connectivity index (χ1v) is 8.10. The molecule has 0 spiro atoms. The second kappa shape index (κ2) is 5.47.